The van der Waals surface area contributed by atoms with Crippen molar-refractivity contribution in [1.82, 2.24) is 14.8 Å². The Labute approximate surface area is 155 Å². The predicted molar refractivity (Wildman–Crippen MR) is 104 cm³/mol. The monoisotopic (exact) mass is 360 g/mol. The van der Waals surface area contributed by atoms with Gasteiger partial charge in [0.05, 0.1) is 11.4 Å². The van der Waals surface area contributed by atoms with Crippen LogP contribution in [0.4, 0.5) is 5.13 Å². The molecule has 0 unspecified atom stereocenters. The summed E-state index contributed by atoms with van der Waals surface area (Å²) in [5.74, 6) is -0.274. The Kier molecular flexibility index (Phi) is 4.33. The third-order valence-electron chi connectivity index (χ3n) is 3.91. The molecular weight excluding hydrogens is 344 g/mol. The fourth-order valence-electron chi connectivity index (χ4n) is 2.52. The number of rotatable bonds is 4. The van der Waals surface area contributed by atoms with Crippen LogP contribution in [0.2, 0.25) is 0 Å². The second-order valence-corrected chi connectivity index (χ2v) is 6.70. The molecule has 0 atom stereocenters. The van der Waals surface area contributed by atoms with Gasteiger partial charge in [0.25, 0.3) is 5.91 Å². The highest BCUT2D eigenvalue weighted by Crippen LogP contribution is 2.25. The highest BCUT2D eigenvalue weighted by Gasteiger charge is 2.13. The molecule has 0 radical (unpaired) electrons. The summed E-state index contributed by atoms with van der Waals surface area (Å²) in [4.78, 5) is 16.9. The Morgan fingerprint density at radius 1 is 1.04 bits per heavy atom. The molecule has 0 bridgehead atoms. The molecule has 1 amide bonds. The molecule has 0 aliphatic carbocycles. The number of aryl methyl sites for hydroxylation is 1. The van der Waals surface area contributed by atoms with Crippen molar-refractivity contribution in [3.63, 3.8) is 0 Å². The molecule has 128 valence electrons. The van der Waals surface area contributed by atoms with Crippen LogP contribution in [0.3, 0.4) is 0 Å². The fourth-order valence-corrected chi connectivity index (χ4v) is 3.23. The van der Waals surface area contributed by atoms with Gasteiger partial charge in [0.2, 0.25) is 0 Å². The van der Waals surface area contributed by atoms with E-state index in [4.69, 9.17) is 0 Å². The van der Waals surface area contributed by atoms with Gasteiger partial charge in [0.1, 0.15) is 0 Å². The minimum Gasteiger partial charge on any atom is -0.296 e. The van der Waals surface area contributed by atoms with Gasteiger partial charge in [-0.25, -0.2) is 9.67 Å². The number of anilines is 1. The summed E-state index contributed by atoms with van der Waals surface area (Å²) in [6.07, 6.45) is 1.77. The van der Waals surface area contributed by atoms with Crippen LogP contribution in [0.1, 0.15) is 16.1 Å². The summed E-state index contributed by atoms with van der Waals surface area (Å²) in [5.41, 5.74) is 4.33. The lowest BCUT2D eigenvalue weighted by Crippen LogP contribution is -2.13. The number of para-hydroxylation sites is 1. The SMILES string of the molecule is Cc1ccc(-c2csc(NC(=O)c3ccn(-c4ccccc4)n3)n2)cc1. The lowest BCUT2D eigenvalue weighted by Gasteiger charge is -2.00. The van der Waals surface area contributed by atoms with Crippen molar-refractivity contribution in [3.05, 3.63) is 83.5 Å². The molecule has 0 aliphatic heterocycles. The lowest BCUT2D eigenvalue weighted by atomic mass is 10.1. The second kappa shape index (κ2) is 6.93. The molecule has 2 heterocycles. The third-order valence-corrected chi connectivity index (χ3v) is 4.67. The summed E-state index contributed by atoms with van der Waals surface area (Å²) in [6.45, 7) is 2.05. The molecule has 2 aromatic heterocycles. The zero-order valence-corrected chi connectivity index (χ0v) is 14.9. The Morgan fingerprint density at radius 3 is 2.58 bits per heavy atom. The predicted octanol–water partition coefficient (Wildman–Crippen LogP) is 4.56. The van der Waals surface area contributed by atoms with E-state index in [1.54, 1.807) is 16.9 Å². The van der Waals surface area contributed by atoms with Crippen molar-refractivity contribution in [1.29, 1.82) is 0 Å². The van der Waals surface area contributed by atoms with Crippen molar-refractivity contribution in [2.24, 2.45) is 0 Å². The molecular formula is C20H16N4OS. The Morgan fingerprint density at radius 2 is 1.81 bits per heavy atom. The number of nitrogens with one attached hydrogen (secondary N) is 1. The number of aromatic nitrogens is 3. The number of hydrogen-bond acceptors (Lipinski definition) is 4. The average molecular weight is 360 g/mol. The molecule has 6 heteroatoms. The van der Waals surface area contributed by atoms with Crippen molar-refractivity contribution in [2.45, 2.75) is 6.92 Å². The normalized spacial score (nSPS) is 10.7. The van der Waals surface area contributed by atoms with Crippen LogP contribution >= 0.6 is 11.3 Å². The molecule has 0 aliphatic rings. The quantitative estimate of drug-likeness (QED) is 0.580. The van der Waals surface area contributed by atoms with E-state index >= 15 is 0 Å². The van der Waals surface area contributed by atoms with E-state index in [2.05, 4.69) is 15.4 Å². The molecule has 26 heavy (non-hydrogen) atoms. The average Bonchev–Trinajstić information content (AvgIpc) is 3.33. The molecule has 5 nitrogen and oxygen atoms in total. The van der Waals surface area contributed by atoms with E-state index < -0.39 is 0 Å². The number of benzene rings is 2. The van der Waals surface area contributed by atoms with Crippen LogP contribution in [0.15, 0.2) is 72.2 Å². The summed E-state index contributed by atoms with van der Waals surface area (Å²) >= 11 is 1.40. The number of amides is 1. The highest BCUT2D eigenvalue weighted by molar-refractivity contribution is 7.14. The van der Waals surface area contributed by atoms with Gasteiger partial charge in [0, 0.05) is 17.1 Å². The maximum absolute atomic E-state index is 12.4. The van der Waals surface area contributed by atoms with Gasteiger partial charge in [0.15, 0.2) is 10.8 Å². The topological polar surface area (TPSA) is 59.8 Å². The molecule has 4 rings (SSSR count). The Bertz CT molecular complexity index is 1040. The fraction of sp³-hybridized carbons (Fsp3) is 0.0500. The number of hydrogen-bond donors (Lipinski definition) is 1. The number of carbonyl (C=O) groups is 1. The van der Waals surface area contributed by atoms with Crippen LogP contribution in [-0.4, -0.2) is 20.7 Å². The molecule has 2 aromatic carbocycles. The van der Waals surface area contributed by atoms with E-state index in [9.17, 15) is 4.79 Å². The van der Waals surface area contributed by atoms with Crippen LogP contribution < -0.4 is 5.32 Å². The van der Waals surface area contributed by atoms with Crippen LogP contribution in [0, 0.1) is 6.92 Å². The van der Waals surface area contributed by atoms with E-state index in [0.717, 1.165) is 16.9 Å². The second-order valence-electron chi connectivity index (χ2n) is 5.84. The van der Waals surface area contributed by atoms with Crippen molar-refractivity contribution < 1.29 is 4.79 Å². The highest BCUT2D eigenvalue weighted by atomic mass is 32.1. The zero-order chi connectivity index (χ0) is 17.9. The molecule has 4 aromatic rings. The van der Waals surface area contributed by atoms with E-state index in [1.165, 1.54) is 16.9 Å². The minimum atomic E-state index is -0.274. The van der Waals surface area contributed by atoms with Gasteiger partial charge < -0.3 is 0 Å². The molecule has 0 saturated carbocycles. The van der Waals surface area contributed by atoms with E-state index in [1.807, 2.05) is 66.9 Å². The van der Waals surface area contributed by atoms with E-state index in [-0.39, 0.29) is 5.91 Å². The van der Waals surface area contributed by atoms with Gasteiger partial charge in [-0.05, 0) is 25.1 Å². The zero-order valence-electron chi connectivity index (χ0n) is 14.1. The summed E-state index contributed by atoms with van der Waals surface area (Å²) < 4.78 is 1.68. The van der Waals surface area contributed by atoms with Gasteiger partial charge in [-0.1, -0.05) is 48.0 Å². The first kappa shape index (κ1) is 16.2. The first-order chi connectivity index (χ1) is 12.7. The molecule has 0 spiro atoms. The Balaban J connectivity index is 1.49. The Hall–Kier alpha value is -3.25. The first-order valence-electron chi connectivity index (χ1n) is 8.14. The van der Waals surface area contributed by atoms with Crippen LogP contribution in [-0.2, 0) is 0 Å². The number of carbonyl (C=O) groups excluding carboxylic acids is 1. The first-order valence-corrected chi connectivity index (χ1v) is 9.02. The van der Waals surface area contributed by atoms with Gasteiger partial charge in [-0.2, -0.15) is 5.10 Å². The van der Waals surface area contributed by atoms with Crippen LogP contribution in [0.5, 0.6) is 0 Å². The minimum absolute atomic E-state index is 0.274. The van der Waals surface area contributed by atoms with E-state index in [0.29, 0.717) is 10.8 Å². The van der Waals surface area contributed by atoms with Crippen molar-refractivity contribution >= 4 is 22.4 Å². The molecule has 0 saturated heterocycles. The molecule has 1 N–H and O–H groups in total. The smallest absolute Gasteiger partial charge is 0.277 e. The lowest BCUT2D eigenvalue weighted by molar-refractivity contribution is 0.102. The number of thiazole rings is 1. The summed E-state index contributed by atoms with van der Waals surface area (Å²) in [7, 11) is 0. The maximum atomic E-state index is 12.4. The molecule has 0 fully saturated rings. The van der Waals surface area contributed by atoms with Gasteiger partial charge in [-0.3, -0.25) is 10.1 Å². The van der Waals surface area contributed by atoms with Gasteiger partial charge in [-0.15, -0.1) is 11.3 Å². The van der Waals surface area contributed by atoms with Crippen molar-refractivity contribution in [3.8, 4) is 16.9 Å². The standard InChI is InChI=1S/C20H16N4OS/c1-14-7-9-15(10-8-14)18-13-26-20(21-18)22-19(25)17-11-12-24(23-17)16-5-3-2-4-6-16/h2-13H,1H3,(H,21,22,25). The van der Waals surface area contributed by atoms with Crippen molar-refractivity contribution in [2.75, 3.05) is 5.32 Å². The number of nitrogens with zero attached hydrogens (tertiary/aromatic N) is 3. The summed E-state index contributed by atoms with van der Waals surface area (Å²) in [6, 6.07) is 19.5. The maximum Gasteiger partial charge on any atom is 0.277 e. The third kappa shape index (κ3) is 3.41. The van der Waals surface area contributed by atoms with Crippen LogP contribution in [0.25, 0.3) is 16.9 Å². The largest absolute Gasteiger partial charge is 0.296 e. The van der Waals surface area contributed by atoms with Gasteiger partial charge >= 0.3 is 0 Å². The summed E-state index contributed by atoms with van der Waals surface area (Å²) in [5, 5.41) is 9.64.